The Bertz CT molecular complexity index is 847. The Morgan fingerprint density at radius 3 is 1.68 bits per heavy atom. The second-order valence-corrected chi connectivity index (χ2v) is 8.24. The summed E-state index contributed by atoms with van der Waals surface area (Å²) in [6.45, 7) is 27.1. The highest BCUT2D eigenvalue weighted by Gasteiger charge is 2.15. The van der Waals surface area contributed by atoms with Gasteiger partial charge in [0.2, 0.25) is 0 Å². The summed E-state index contributed by atoms with van der Waals surface area (Å²) >= 11 is 0. The first kappa shape index (κ1) is 31.4. The van der Waals surface area contributed by atoms with Crippen LogP contribution in [-0.4, -0.2) is 54.2 Å². The van der Waals surface area contributed by atoms with Gasteiger partial charge in [-0.25, -0.2) is 0 Å². The fourth-order valence-corrected chi connectivity index (χ4v) is 3.63. The van der Waals surface area contributed by atoms with Crippen LogP contribution in [0, 0.1) is 0 Å². The second kappa shape index (κ2) is 18.8. The van der Waals surface area contributed by atoms with Crippen molar-refractivity contribution >= 4 is 0 Å². The van der Waals surface area contributed by atoms with E-state index in [1.807, 2.05) is 45.1 Å². The van der Waals surface area contributed by atoms with Crippen LogP contribution in [0.15, 0.2) is 108 Å². The lowest BCUT2D eigenvalue weighted by Gasteiger charge is -2.30. The molecule has 34 heavy (non-hydrogen) atoms. The highest BCUT2D eigenvalue weighted by atomic mass is 16.3. The third-order valence-electron chi connectivity index (χ3n) is 5.92. The molecular weight excluding hydrogens is 416 g/mol. The van der Waals surface area contributed by atoms with Crippen LogP contribution in [0.4, 0.5) is 0 Å². The topological polar surface area (TPSA) is 26.7 Å². The molecule has 0 fully saturated rings. The molecule has 3 heteroatoms. The zero-order valence-corrected chi connectivity index (χ0v) is 22.8. The molecule has 0 aliphatic heterocycles. The SMILES string of the molecule is C=C/C=C(\C=C)CN(CCN(CC(=C/C)/C(O)=C\C)CC(/C=C\C)=C/C)CC(=C/C)/C(C)=C\C. The Labute approximate surface area is 210 Å². The molecule has 0 saturated carbocycles. The number of rotatable bonds is 16. The van der Waals surface area contributed by atoms with E-state index in [0.29, 0.717) is 12.3 Å². The Morgan fingerprint density at radius 1 is 0.706 bits per heavy atom. The van der Waals surface area contributed by atoms with Crippen molar-refractivity contribution in [2.45, 2.75) is 48.5 Å². The molecule has 0 spiro atoms. The standard InChI is InChI=1S/C31H48N2O/c1-10-18-27(13-4)22-32(24-29(15-6)26(9)12-3)20-21-33(23-28(14-5)19-11-2)25-30(16-7)31(34)17-8/h10-19,34H,1,4,20-25H2,2-3,5-9H3/b19-11-,26-12-,27-18+,28-14+,29-15-,30-16-,31-17+. The third-order valence-corrected chi connectivity index (χ3v) is 5.92. The third kappa shape index (κ3) is 12.0. The van der Waals surface area contributed by atoms with Gasteiger partial charge in [-0.1, -0.05) is 73.4 Å². The van der Waals surface area contributed by atoms with Gasteiger partial charge in [-0.3, -0.25) is 9.80 Å². The largest absolute Gasteiger partial charge is 0.508 e. The normalized spacial score (nSPS) is 15.1. The van der Waals surface area contributed by atoms with Crippen LogP contribution in [0.3, 0.4) is 0 Å². The monoisotopic (exact) mass is 464 g/mol. The molecule has 0 unspecified atom stereocenters. The van der Waals surface area contributed by atoms with Crippen LogP contribution in [0.1, 0.15) is 48.5 Å². The highest BCUT2D eigenvalue weighted by molar-refractivity contribution is 5.31. The first-order valence-corrected chi connectivity index (χ1v) is 12.3. The molecule has 0 bridgehead atoms. The molecule has 0 aliphatic carbocycles. The van der Waals surface area contributed by atoms with Gasteiger partial charge in [0.1, 0.15) is 5.76 Å². The van der Waals surface area contributed by atoms with Gasteiger partial charge in [0.15, 0.2) is 0 Å². The summed E-state index contributed by atoms with van der Waals surface area (Å²) in [5, 5.41) is 10.4. The molecule has 0 amide bonds. The summed E-state index contributed by atoms with van der Waals surface area (Å²) in [6, 6.07) is 0. The summed E-state index contributed by atoms with van der Waals surface area (Å²) in [7, 11) is 0. The first-order chi connectivity index (χ1) is 16.3. The van der Waals surface area contributed by atoms with E-state index in [-0.39, 0.29) is 0 Å². The second-order valence-electron chi connectivity index (χ2n) is 8.24. The van der Waals surface area contributed by atoms with Gasteiger partial charge < -0.3 is 5.11 Å². The minimum atomic E-state index is 0.347. The average molecular weight is 465 g/mol. The predicted molar refractivity (Wildman–Crippen MR) is 153 cm³/mol. The van der Waals surface area contributed by atoms with Crippen LogP contribution >= 0.6 is 0 Å². The maximum atomic E-state index is 10.4. The van der Waals surface area contributed by atoms with Gasteiger partial charge in [0, 0.05) is 44.8 Å². The van der Waals surface area contributed by atoms with E-state index in [0.717, 1.165) is 43.9 Å². The van der Waals surface area contributed by atoms with Crippen LogP contribution in [0.25, 0.3) is 0 Å². The molecule has 3 nitrogen and oxygen atoms in total. The molecular formula is C31H48N2O. The first-order valence-electron chi connectivity index (χ1n) is 12.3. The lowest BCUT2D eigenvalue weighted by atomic mass is 10.1. The van der Waals surface area contributed by atoms with E-state index in [2.05, 4.69) is 81.0 Å². The number of aliphatic hydroxyl groups is 1. The molecule has 0 heterocycles. The van der Waals surface area contributed by atoms with E-state index in [4.69, 9.17) is 0 Å². The van der Waals surface area contributed by atoms with Crippen molar-refractivity contribution in [3.8, 4) is 0 Å². The molecule has 0 aliphatic rings. The smallest absolute Gasteiger partial charge is 0.115 e. The zero-order chi connectivity index (χ0) is 25.9. The lowest BCUT2D eigenvalue weighted by molar-refractivity contribution is 0.242. The number of nitrogens with zero attached hydrogens (tertiary/aromatic N) is 2. The molecule has 0 aromatic heterocycles. The molecule has 0 aromatic carbocycles. The Balaban J connectivity index is 5.92. The van der Waals surface area contributed by atoms with Crippen LogP contribution < -0.4 is 0 Å². The summed E-state index contributed by atoms with van der Waals surface area (Å²) in [5.41, 5.74) is 6.00. The molecule has 0 aromatic rings. The molecule has 0 atom stereocenters. The van der Waals surface area contributed by atoms with Crippen LogP contribution in [-0.2, 0) is 0 Å². The number of aliphatic hydroxyl groups excluding tert-OH is 1. The molecule has 0 saturated heterocycles. The van der Waals surface area contributed by atoms with Crippen molar-refractivity contribution in [1.29, 1.82) is 0 Å². The fraction of sp³-hybridized carbons (Fsp3) is 0.419. The Morgan fingerprint density at radius 2 is 1.26 bits per heavy atom. The van der Waals surface area contributed by atoms with Crippen molar-refractivity contribution in [1.82, 2.24) is 9.80 Å². The minimum Gasteiger partial charge on any atom is -0.508 e. The Kier molecular flexibility index (Phi) is 17.3. The molecule has 0 radical (unpaired) electrons. The number of hydrogen-bond acceptors (Lipinski definition) is 3. The molecule has 1 N–H and O–H groups in total. The van der Waals surface area contributed by atoms with Crippen molar-refractivity contribution < 1.29 is 5.11 Å². The number of allylic oxidation sites excluding steroid dienone is 8. The van der Waals surface area contributed by atoms with E-state index < -0.39 is 0 Å². The van der Waals surface area contributed by atoms with Crippen molar-refractivity contribution in [2.75, 3.05) is 39.3 Å². The summed E-state index contributed by atoms with van der Waals surface area (Å²) in [6.07, 6.45) is 20.3. The van der Waals surface area contributed by atoms with E-state index in [1.54, 1.807) is 6.08 Å². The van der Waals surface area contributed by atoms with Crippen LogP contribution in [0.2, 0.25) is 0 Å². The van der Waals surface area contributed by atoms with Gasteiger partial charge in [0.25, 0.3) is 0 Å². The predicted octanol–water partition coefficient (Wildman–Crippen LogP) is 7.73. The fourth-order valence-electron chi connectivity index (χ4n) is 3.63. The Hall–Kier alpha value is -2.62. The number of hydrogen-bond donors (Lipinski definition) is 1. The van der Waals surface area contributed by atoms with Gasteiger partial charge in [-0.2, -0.15) is 0 Å². The summed E-state index contributed by atoms with van der Waals surface area (Å²) in [5.74, 6) is 0.347. The maximum absolute atomic E-state index is 10.4. The minimum absolute atomic E-state index is 0.347. The van der Waals surface area contributed by atoms with Crippen molar-refractivity contribution in [2.24, 2.45) is 0 Å². The van der Waals surface area contributed by atoms with Gasteiger partial charge in [-0.05, 0) is 71.3 Å². The zero-order valence-electron chi connectivity index (χ0n) is 22.8. The summed E-state index contributed by atoms with van der Waals surface area (Å²) < 4.78 is 0. The quantitative estimate of drug-likeness (QED) is 0.187. The van der Waals surface area contributed by atoms with Crippen molar-refractivity contribution in [3.63, 3.8) is 0 Å². The van der Waals surface area contributed by atoms with E-state index in [9.17, 15) is 5.11 Å². The van der Waals surface area contributed by atoms with E-state index >= 15 is 0 Å². The molecule has 188 valence electrons. The lowest BCUT2D eigenvalue weighted by Crippen LogP contribution is -2.39. The van der Waals surface area contributed by atoms with Gasteiger partial charge in [-0.15, -0.1) is 0 Å². The highest BCUT2D eigenvalue weighted by Crippen LogP contribution is 2.15. The van der Waals surface area contributed by atoms with Crippen molar-refractivity contribution in [3.05, 3.63) is 108 Å². The van der Waals surface area contributed by atoms with Crippen LogP contribution in [0.5, 0.6) is 0 Å². The average Bonchev–Trinajstić information content (AvgIpc) is 2.86. The molecule has 0 rings (SSSR count). The van der Waals surface area contributed by atoms with E-state index in [1.165, 1.54) is 16.7 Å². The maximum Gasteiger partial charge on any atom is 0.115 e. The summed E-state index contributed by atoms with van der Waals surface area (Å²) in [4.78, 5) is 4.86. The van der Waals surface area contributed by atoms with Gasteiger partial charge in [0.05, 0.1) is 0 Å². The van der Waals surface area contributed by atoms with Gasteiger partial charge >= 0.3 is 0 Å².